The number of carbonyl (C=O) groups is 2. The number of phenols is 1. The van der Waals surface area contributed by atoms with E-state index in [2.05, 4.69) is 0 Å². The van der Waals surface area contributed by atoms with Crippen molar-refractivity contribution in [3.63, 3.8) is 0 Å². The van der Waals surface area contributed by atoms with Crippen LogP contribution < -0.4 is 14.4 Å². The van der Waals surface area contributed by atoms with Gasteiger partial charge >= 0.3 is 0 Å². The van der Waals surface area contributed by atoms with E-state index in [0.717, 1.165) is 10.8 Å². The number of hydrogen-bond donors (Lipinski definition) is 2. The fourth-order valence-corrected chi connectivity index (χ4v) is 5.48. The third-order valence-corrected chi connectivity index (χ3v) is 7.11. The van der Waals surface area contributed by atoms with Gasteiger partial charge in [-0.3, -0.25) is 14.5 Å². The number of rotatable bonds is 6. The number of amides is 1. The number of halogens is 2. The second kappa shape index (κ2) is 10.5. The minimum atomic E-state index is -1.06. The molecule has 0 aromatic heterocycles. The van der Waals surface area contributed by atoms with Gasteiger partial charge in [0, 0.05) is 10.9 Å². The molecule has 2 N–H and O–H groups in total. The zero-order valence-electron chi connectivity index (χ0n) is 20.9. The molecule has 1 aliphatic rings. The van der Waals surface area contributed by atoms with E-state index in [1.807, 2.05) is 30.3 Å². The van der Waals surface area contributed by atoms with E-state index in [1.54, 1.807) is 31.2 Å². The zero-order chi connectivity index (χ0) is 27.8. The van der Waals surface area contributed by atoms with Crippen LogP contribution in [-0.4, -0.2) is 35.6 Å². The van der Waals surface area contributed by atoms with Crippen LogP contribution in [0.4, 0.5) is 5.69 Å². The number of nitrogens with zero attached hydrogens (tertiary/aromatic N) is 1. The van der Waals surface area contributed by atoms with Crippen LogP contribution >= 0.6 is 23.2 Å². The van der Waals surface area contributed by atoms with Crippen LogP contribution in [0.15, 0.2) is 78.4 Å². The van der Waals surface area contributed by atoms with Crippen LogP contribution in [0.3, 0.4) is 0 Å². The molecule has 1 unspecified atom stereocenters. The summed E-state index contributed by atoms with van der Waals surface area (Å²) >= 11 is 12.6. The lowest BCUT2D eigenvalue weighted by Gasteiger charge is -2.27. The van der Waals surface area contributed by atoms with E-state index in [1.165, 1.54) is 30.2 Å². The van der Waals surface area contributed by atoms with Crippen molar-refractivity contribution in [3.8, 4) is 17.2 Å². The highest BCUT2D eigenvalue weighted by molar-refractivity contribution is 6.52. The van der Waals surface area contributed by atoms with Gasteiger partial charge < -0.3 is 19.7 Å². The van der Waals surface area contributed by atoms with Crippen molar-refractivity contribution < 1.29 is 29.3 Å². The number of phenolic OH excluding ortho intramolecular Hbond substituents is 1. The molecule has 5 rings (SSSR count). The first-order valence-corrected chi connectivity index (χ1v) is 12.8. The Labute approximate surface area is 234 Å². The van der Waals surface area contributed by atoms with Crippen LogP contribution in [-0.2, 0) is 9.59 Å². The number of aliphatic hydroxyl groups excluding tert-OH is 1. The first kappa shape index (κ1) is 26.4. The molecule has 1 amide bonds. The number of benzene rings is 4. The molecule has 1 saturated heterocycles. The third-order valence-electron chi connectivity index (χ3n) is 6.55. The van der Waals surface area contributed by atoms with Gasteiger partial charge in [-0.2, -0.15) is 0 Å². The lowest BCUT2D eigenvalue weighted by Crippen LogP contribution is -2.29. The molecule has 9 heteroatoms. The molecule has 0 radical (unpaired) electrons. The number of carbonyl (C=O) groups excluding carboxylic acids is 2. The smallest absolute Gasteiger partial charge is 0.300 e. The molecule has 1 aliphatic heterocycles. The van der Waals surface area contributed by atoms with E-state index in [0.29, 0.717) is 11.3 Å². The third kappa shape index (κ3) is 4.54. The van der Waals surface area contributed by atoms with Gasteiger partial charge in [0.25, 0.3) is 11.7 Å². The second-order valence-electron chi connectivity index (χ2n) is 8.80. The van der Waals surface area contributed by atoms with E-state index >= 15 is 0 Å². The molecule has 0 bridgehead atoms. The molecule has 1 atom stereocenters. The summed E-state index contributed by atoms with van der Waals surface area (Å²) in [6.07, 6.45) is 0. The quantitative estimate of drug-likeness (QED) is 0.151. The van der Waals surface area contributed by atoms with Crippen molar-refractivity contribution in [1.29, 1.82) is 0 Å². The maximum Gasteiger partial charge on any atom is 0.300 e. The van der Waals surface area contributed by atoms with E-state index in [-0.39, 0.29) is 45.0 Å². The van der Waals surface area contributed by atoms with Crippen molar-refractivity contribution in [3.05, 3.63) is 99.5 Å². The van der Waals surface area contributed by atoms with Gasteiger partial charge in [-0.1, -0.05) is 65.7 Å². The number of ketones is 1. The van der Waals surface area contributed by atoms with Gasteiger partial charge in [-0.25, -0.2) is 0 Å². The van der Waals surface area contributed by atoms with Gasteiger partial charge in [-0.15, -0.1) is 0 Å². The Hall–Kier alpha value is -4.20. The molecule has 4 aromatic rings. The fourth-order valence-electron chi connectivity index (χ4n) is 4.83. The Morgan fingerprint density at radius 1 is 0.974 bits per heavy atom. The summed E-state index contributed by atoms with van der Waals surface area (Å²) in [5, 5.41) is 23.7. The predicted molar refractivity (Wildman–Crippen MR) is 151 cm³/mol. The molecule has 1 heterocycles. The highest BCUT2D eigenvalue weighted by atomic mass is 35.5. The van der Waals surface area contributed by atoms with Crippen molar-refractivity contribution in [2.45, 2.75) is 13.0 Å². The maximum absolute atomic E-state index is 13.7. The Kier molecular flexibility index (Phi) is 7.12. The minimum absolute atomic E-state index is 0.101. The Morgan fingerprint density at radius 3 is 2.36 bits per heavy atom. The predicted octanol–water partition coefficient (Wildman–Crippen LogP) is 6.89. The topological polar surface area (TPSA) is 96.3 Å². The van der Waals surface area contributed by atoms with Crippen molar-refractivity contribution in [2.75, 3.05) is 18.6 Å². The van der Waals surface area contributed by atoms with Gasteiger partial charge in [0.2, 0.25) is 0 Å². The summed E-state index contributed by atoms with van der Waals surface area (Å²) < 4.78 is 10.8. The second-order valence-corrected chi connectivity index (χ2v) is 9.62. The van der Waals surface area contributed by atoms with Crippen LogP contribution in [0, 0.1) is 0 Å². The summed E-state index contributed by atoms with van der Waals surface area (Å²) in [4.78, 5) is 28.6. The molecule has 7 nitrogen and oxygen atoms in total. The Morgan fingerprint density at radius 2 is 1.67 bits per heavy atom. The Bertz CT molecular complexity index is 1640. The first-order valence-electron chi connectivity index (χ1n) is 12.0. The average molecular weight is 564 g/mol. The monoisotopic (exact) mass is 563 g/mol. The van der Waals surface area contributed by atoms with Crippen LogP contribution in [0.25, 0.3) is 16.5 Å². The summed E-state index contributed by atoms with van der Waals surface area (Å²) in [7, 11) is 1.41. The van der Waals surface area contributed by atoms with Crippen molar-refractivity contribution in [2.24, 2.45) is 0 Å². The summed E-state index contributed by atoms with van der Waals surface area (Å²) in [5.74, 6) is -1.89. The summed E-state index contributed by atoms with van der Waals surface area (Å²) in [6, 6.07) is 19.2. The standard InChI is InChI=1S/C30H23Cl2NO6/c1-3-39-24-15-17(11-12-23(24)34)26-25(27(35)18-13-20(31)29(38-2)21(32)14-18)28(36)30(37)33(26)22-10-6-8-16-7-4-5-9-19(16)22/h4-15,26,34-35H,3H2,1-2H3/b27-25+. The molecule has 0 aliphatic carbocycles. The number of hydrogen-bond acceptors (Lipinski definition) is 6. The summed E-state index contributed by atoms with van der Waals surface area (Å²) in [5.41, 5.74) is 0.889. The number of anilines is 1. The molecular formula is C30H23Cl2NO6. The van der Waals surface area contributed by atoms with Crippen LogP contribution in [0.5, 0.6) is 17.2 Å². The maximum atomic E-state index is 13.7. The van der Waals surface area contributed by atoms with Gasteiger partial charge in [-0.05, 0) is 48.2 Å². The Balaban J connectivity index is 1.79. The number of aromatic hydroxyl groups is 1. The molecule has 0 spiro atoms. The molecule has 39 heavy (non-hydrogen) atoms. The lowest BCUT2D eigenvalue weighted by atomic mass is 9.94. The summed E-state index contributed by atoms with van der Waals surface area (Å²) in [6.45, 7) is 2.05. The van der Waals surface area contributed by atoms with Crippen LogP contribution in [0.1, 0.15) is 24.1 Å². The van der Waals surface area contributed by atoms with Gasteiger partial charge in [0.15, 0.2) is 17.2 Å². The van der Waals surface area contributed by atoms with Gasteiger partial charge in [0.05, 0.1) is 41.1 Å². The molecule has 0 saturated carbocycles. The molecule has 198 valence electrons. The van der Waals surface area contributed by atoms with Crippen molar-refractivity contribution >= 4 is 57.1 Å². The number of Topliss-reactive ketones (excluding diaryl/α,β-unsaturated/α-hetero) is 1. The largest absolute Gasteiger partial charge is 0.507 e. The first-order chi connectivity index (χ1) is 18.8. The molecule has 1 fully saturated rings. The van der Waals surface area contributed by atoms with E-state index < -0.39 is 23.5 Å². The number of ether oxygens (including phenoxy) is 2. The highest BCUT2D eigenvalue weighted by Gasteiger charge is 2.47. The number of fused-ring (bicyclic) bond motifs is 1. The van der Waals surface area contributed by atoms with Gasteiger partial charge in [0.1, 0.15) is 5.76 Å². The highest BCUT2D eigenvalue weighted by Crippen LogP contribution is 2.46. The zero-order valence-corrected chi connectivity index (χ0v) is 22.5. The van der Waals surface area contributed by atoms with E-state index in [4.69, 9.17) is 32.7 Å². The van der Waals surface area contributed by atoms with Crippen molar-refractivity contribution in [1.82, 2.24) is 0 Å². The average Bonchev–Trinajstić information content (AvgIpc) is 3.19. The molecular weight excluding hydrogens is 541 g/mol. The normalized spacial score (nSPS) is 16.6. The number of aliphatic hydroxyl groups is 1. The minimum Gasteiger partial charge on any atom is -0.507 e. The molecule has 4 aromatic carbocycles. The SMILES string of the molecule is CCOc1cc(C2/C(=C(\O)c3cc(Cl)c(OC)c(Cl)c3)C(=O)C(=O)N2c2cccc3ccccc23)ccc1O. The van der Waals surface area contributed by atoms with E-state index in [9.17, 15) is 19.8 Å². The lowest BCUT2D eigenvalue weighted by molar-refractivity contribution is -0.132. The number of methoxy groups -OCH3 is 1. The van der Waals surface area contributed by atoms with Crippen LogP contribution in [0.2, 0.25) is 10.0 Å². The fraction of sp³-hybridized carbons (Fsp3) is 0.133.